The quantitative estimate of drug-likeness (QED) is 0.0536. The summed E-state index contributed by atoms with van der Waals surface area (Å²) in [4.78, 5) is 20.1. The van der Waals surface area contributed by atoms with Gasteiger partial charge in [0.05, 0.1) is 22.8 Å². The van der Waals surface area contributed by atoms with Crippen molar-refractivity contribution < 1.29 is 27.2 Å². The summed E-state index contributed by atoms with van der Waals surface area (Å²) in [5, 5.41) is 17.9. The summed E-state index contributed by atoms with van der Waals surface area (Å²) in [6.45, 7) is 18.4. The van der Waals surface area contributed by atoms with E-state index in [1.165, 1.54) is 56.5 Å². The molecule has 16 aromatic rings. The molecule has 0 saturated heterocycles. The zero-order valence-corrected chi connectivity index (χ0v) is 74.7. The molecule has 0 amide bonds. The van der Waals surface area contributed by atoms with E-state index in [-0.39, 0.29) is 15.3 Å². The van der Waals surface area contributed by atoms with Gasteiger partial charge in [0.25, 0.3) is 0 Å². The Morgan fingerprint density at radius 3 is 0.581 bits per heavy atom. The zero-order chi connectivity index (χ0) is 81.7. The number of halogens is 3. The average Bonchev–Trinajstić information content (AvgIpc) is 0.796. The van der Waals surface area contributed by atoms with Crippen molar-refractivity contribution in [2.75, 3.05) is 0 Å². The largest absolute Gasteiger partial charge is 0.358 e. The smallest absolute Gasteiger partial charge is 0.160 e. The van der Waals surface area contributed by atoms with Crippen LogP contribution in [0.3, 0.4) is 0 Å². The van der Waals surface area contributed by atoms with Crippen LogP contribution < -0.4 is 5.46 Å². The molecule has 0 aliphatic carbocycles. The first-order valence-electron chi connectivity index (χ1n) is 39.1. The molecule has 0 unspecified atom stereocenters. The van der Waals surface area contributed by atoms with Crippen LogP contribution in [0.1, 0.15) is 61.8 Å². The average molecular weight is 1830 g/mol. The molecule has 0 atom stereocenters. The van der Waals surface area contributed by atoms with Crippen molar-refractivity contribution in [3.63, 3.8) is 0 Å². The van der Waals surface area contributed by atoms with Crippen LogP contribution in [0.5, 0.6) is 0 Å². The van der Waals surface area contributed by atoms with Gasteiger partial charge in [0.15, 0.2) is 11.6 Å². The molecule has 2 aromatic heterocycles. The molecule has 14 aromatic carbocycles. The Morgan fingerprint density at radius 1 is 0.256 bits per heavy atom. The van der Waals surface area contributed by atoms with Crippen molar-refractivity contribution in [2.45, 2.75) is 78.8 Å². The third-order valence-corrected chi connectivity index (χ3v) is 24.0. The van der Waals surface area contributed by atoms with Gasteiger partial charge in [-0.2, -0.15) is 0 Å². The number of aromatic nitrogens is 4. The fourth-order valence-electron chi connectivity index (χ4n) is 13.8. The number of hydrogen-bond acceptors (Lipinski definition) is 6. The van der Waals surface area contributed by atoms with Crippen molar-refractivity contribution >= 4 is 65.8 Å². The minimum Gasteiger partial charge on any atom is -0.358 e. The number of nitrogens with zero attached hydrogens (tertiary/aromatic N) is 4. The summed E-state index contributed by atoms with van der Waals surface area (Å²) in [7, 11) is -1.13. The molecule has 117 heavy (non-hydrogen) atoms. The summed E-state index contributed by atoms with van der Waals surface area (Å²) in [5.41, 5.74) is 29.4. The van der Waals surface area contributed by atoms with Gasteiger partial charge in [0, 0.05) is 42.3 Å². The molecule has 0 spiro atoms. The van der Waals surface area contributed by atoms with Crippen LogP contribution in [-0.4, -0.2) is 54.1 Å². The topological polar surface area (TPSA) is 92.0 Å². The maximum absolute atomic E-state index is 8.94. The van der Waals surface area contributed by atoms with Gasteiger partial charge < -0.3 is 17.5 Å². The summed E-state index contributed by atoms with van der Waals surface area (Å²) in [6.07, 6.45) is 1.25. The van der Waals surface area contributed by atoms with Crippen LogP contribution >= 0.6 is 53.2 Å². The number of rotatable bonds is 17. The second-order valence-corrected chi connectivity index (χ2v) is 34.5. The summed E-state index contributed by atoms with van der Waals surface area (Å²) < 4.78 is 2.08. The van der Waals surface area contributed by atoms with Gasteiger partial charge in [-0.1, -0.05) is 447 Å². The first-order valence-corrected chi connectivity index (χ1v) is 45.8. The maximum Gasteiger partial charge on any atom is 0.160 e. The van der Waals surface area contributed by atoms with Crippen molar-refractivity contribution in [1.82, 2.24) is 19.9 Å². The molecular weight excluding hydrogens is 1740 g/mol. The molecule has 0 aliphatic rings. The minimum absolute atomic E-state index is 0. The van der Waals surface area contributed by atoms with Crippen LogP contribution in [0, 0.1) is 7.43 Å². The second kappa shape index (κ2) is 45.5. The third-order valence-electron chi connectivity index (χ3n) is 19.3. The van der Waals surface area contributed by atoms with Crippen molar-refractivity contribution in [1.29, 1.82) is 0 Å². The van der Waals surface area contributed by atoms with Crippen molar-refractivity contribution in [2.24, 2.45) is 0 Å². The molecule has 0 fully saturated rings. The van der Waals surface area contributed by atoms with Crippen LogP contribution in [-0.2, 0) is 17.2 Å². The van der Waals surface area contributed by atoms with Crippen molar-refractivity contribution in [3.8, 4) is 146 Å². The Kier molecular flexibility index (Phi) is 34.6. The first-order chi connectivity index (χ1) is 56.5. The maximum atomic E-state index is 8.94. The van der Waals surface area contributed by atoms with E-state index < -0.39 is 7.12 Å². The van der Waals surface area contributed by atoms with E-state index in [9.17, 15) is 0 Å². The Morgan fingerprint density at radius 2 is 0.410 bits per heavy atom. The summed E-state index contributed by atoms with van der Waals surface area (Å²) in [5.74, 6) is 1.41. The Labute approximate surface area is 729 Å². The van der Waals surface area contributed by atoms with Gasteiger partial charge in [-0.05, 0) is 137 Å². The molecule has 588 valence electrons. The predicted octanol–water partition coefficient (Wildman–Crippen LogP) is 29.9. The molecule has 12 heteroatoms. The van der Waals surface area contributed by atoms with Gasteiger partial charge >= 0.3 is 37.7 Å². The van der Waals surface area contributed by atoms with E-state index >= 15 is 0 Å². The van der Waals surface area contributed by atoms with Crippen LogP contribution in [0.2, 0.25) is 0 Å². The van der Waals surface area contributed by atoms with Gasteiger partial charge in [-0.3, -0.25) is 0 Å². The Bertz CT molecular complexity index is 5380. The standard InChI is InChI=1S/C52H36N2.C28H18Br2N2.C12H11BO2.C9H21P.C3H8.CH3.BrH.Pd/c1-4-10-37(11-5-1)40-16-20-43(21-17-40)45-24-30-47(31-25-45)50-36-51(54-52(53-50)49-34-28-42(29-35-49)39-14-8-3-9-15-39)48-32-26-46(27-33-48)44-22-18-41(19-23-44)38-12-6-2-7-13-38;29-24-14-10-21(11-15-24)26-18-27(22-12-16-25(30)17-13-22)32-28(31-26)23-8-6-20(7-9-23)19-4-2-1-3-5-19;14-13(15)12-8-6-11(7-9-12)10-4-2-1-3-5-10;1-7(2)10(8(3)4)9(5)6;1-3-2;;;/h1-36H;1-18H;1-9,14-15H;7-9H,1-6H3;3H2,1-2H3;1H3;1H;/q;;;;;-1;;+2/p-1. The second-order valence-electron chi connectivity index (χ2n) is 28.7. The van der Waals surface area contributed by atoms with E-state index in [1.807, 2.05) is 97.1 Å². The number of benzene rings is 14. The van der Waals surface area contributed by atoms with Gasteiger partial charge in [0.2, 0.25) is 0 Å². The van der Waals surface area contributed by atoms with Crippen molar-refractivity contribution in [3.05, 3.63) is 399 Å². The SMILES string of the molecule is Brc1ccc(-c2cc(-c3ccc(Br)cc3)nc(-c3ccc(-c4ccccc4)cc3)n2)cc1.CC(C)P(C(C)C)C(C)C.CCC.OB(O)c1ccc(-c2ccccc2)cc1.[Br][Pd+].[CH3-].c1ccc(-c2ccc(-c3ccc(-c4cc(-c5ccc(-c6ccc(-c7ccccc7)cc6)cc5)nc(-c5ccc(-c6ccccc6)cc5)n4)cc3)cc2)cc1. The van der Waals surface area contributed by atoms with E-state index in [0.29, 0.717) is 17.1 Å². The van der Waals surface area contributed by atoms with Gasteiger partial charge in [0.1, 0.15) is 0 Å². The predicted molar refractivity (Wildman–Crippen MR) is 510 cm³/mol. The van der Waals surface area contributed by atoms with Crippen LogP contribution in [0.4, 0.5) is 0 Å². The molecule has 0 bridgehead atoms. The molecule has 2 N–H and O–H groups in total. The first kappa shape index (κ1) is 89.1. The van der Waals surface area contributed by atoms with Crippen LogP contribution in [0.15, 0.2) is 391 Å². The molecule has 0 aliphatic heterocycles. The van der Waals surface area contributed by atoms with Gasteiger partial charge in [-0.15, -0.1) is 0 Å². The molecule has 16 rings (SSSR count). The molecule has 2 heterocycles. The zero-order valence-electron chi connectivity index (χ0n) is 67.5. The normalized spacial score (nSPS) is 10.6. The Balaban J connectivity index is 0.000000192. The minimum atomic E-state index is -1.39. The molecule has 6 nitrogen and oxygen atoms in total. The fourth-order valence-corrected chi connectivity index (χ4v) is 17.9. The van der Waals surface area contributed by atoms with E-state index in [1.54, 1.807) is 12.1 Å². The number of hydrogen-bond donors (Lipinski definition) is 2. The summed E-state index contributed by atoms with van der Waals surface area (Å²) in [6, 6.07) is 131. The Hall–Kier alpha value is -10.2. The van der Waals surface area contributed by atoms with Gasteiger partial charge in [-0.25, -0.2) is 19.9 Å². The van der Waals surface area contributed by atoms with E-state index in [0.717, 1.165) is 110 Å². The van der Waals surface area contributed by atoms with E-state index in [2.05, 4.69) is 391 Å². The third kappa shape index (κ3) is 25.4. The molecule has 0 radical (unpaired) electrons. The monoisotopic (exact) mass is 1830 g/mol. The summed E-state index contributed by atoms with van der Waals surface area (Å²) >= 11 is 12.4. The molecule has 0 saturated carbocycles. The van der Waals surface area contributed by atoms with E-state index in [4.69, 9.17) is 30.0 Å². The van der Waals surface area contributed by atoms with Crippen LogP contribution in [0.25, 0.3) is 146 Å². The molecular formula is C105H97BBr3N4O2PPd. The fraction of sp³-hybridized carbons (Fsp3) is 0.114.